The molecule has 0 saturated heterocycles. The van der Waals surface area contributed by atoms with Gasteiger partial charge in [0.1, 0.15) is 11.6 Å². The molecule has 3 aromatic rings. The maximum absolute atomic E-state index is 14.2. The number of hydrogen-bond acceptors (Lipinski definition) is 3. The van der Waals surface area contributed by atoms with Crippen molar-refractivity contribution in [2.75, 3.05) is 6.54 Å². The second-order valence-corrected chi connectivity index (χ2v) is 4.97. The minimum atomic E-state index is -0.384. The number of para-hydroxylation sites is 1. The molecule has 1 heterocycles. The summed E-state index contributed by atoms with van der Waals surface area (Å²) >= 11 is 0. The molecular formula is C17H15FN4. The Balaban J connectivity index is 2.38. The van der Waals surface area contributed by atoms with Gasteiger partial charge in [0.15, 0.2) is 0 Å². The van der Waals surface area contributed by atoms with E-state index >= 15 is 0 Å². The van der Waals surface area contributed by atoms with Crippen LogP contribution < -0.4 is 5.73 Å². The van der Waals surface area contributed by atoms with Gasteiger partial charge in [-0.15, -0.1) is 0 Å². The molecule has 1 aromatic heterocycles. The van der Waals surface area contributed by atoms with Gasteiger partial charge in [0.2, 0.25) is 0 Å². The number of imidazole rings is 1. The van der Waals surface area contributed by atoms with Crippen molar-refractivity contribution >= 4 is 11.0 Å². The molecule has 2 N–H and O–H groups in total. The fraction of sp³-hybridized carbons (Fsp3) is 0.176. The van der Waals surface area contributed by atoms with Gasteiger partial charge in [-0.05, 0) is 30.8 Å². The molecular weight excluding hydrogens is 279 g/mol. The minimum absolute atomic E-state index is 0.00374. The summed E-state index contributed by atoms with van der Waals surface area (Å²) < 4.78 is 16.1. The lowest BCUT2D eigenvalue weighted by molar-refractivity contribution is 0.617. The first-order valence-corrected chi connectivity index (χ1v) is 7.07. The molecule has 2 aromatic carbocycles. The maximum Gasteiger partial charge on any atom is 0.129 e. The van der Waals surface area contributed by atoms with Crippen LogP contribution >= 0.6 is 0 Å². The highest BCUT2D eigenvalue weighted by Gasteiger charge is 2.17. The van der Waals surface area contributed by atoms with Crippen LogP contribution in [0.2, 0.25) is 0 Å². The lowest BCUT2D eigenvalue weighted by atomic mass is 10.1. The molecule has 0 amide bonds. The second kappa shape index (κ2) is 5.96. The summed E-state index contributed by atoms with van der Waals surface area (Å²) in [5.41, 5.74) is 8.27. The second-order valence-electron chi connectivity index (χ2n) is 4.97. The highest BCUT2D eigenvalue weighted by atomic mass is 19.1. The molecule has 0 spiro atoms. The first kappa shape index (κ1) is 14.2. The zero-order chi connectivity index (χ0) is 15.5. The van der Waals surface area contributed by atoms with Crippen molar-refractivity contribution in [3.05, 3.63) is 59.7 Å². The Morgan fingerprint density at radius 1 is 1.18 bits per heavy atom. The largest absolute Gasteiger partial charge is 0.330 e. The molecule has 0 saturated carbocycles. The predicted molar refractivity (Wildman–Crippen MR) is 83.1 cm³/mol. The normalized spacial score (nSPS) is 10.8. The van der Waals surface area contributed by atoms with Gasteiger partial charge in [0.25, 0.3) is 0 Å². The number of benzene rings is 2. The summed E-state index contributed by atoms with van der Waals surface area (Å²) in [6.45, 7) is 0.451. The van der Waals surface area contributed by atoms with Gasteiger partial charge in [0.05, 0.1) is 23.5 Å². The summed E-state index contributed by atoms with van der Waals surface area (Å²) in [4.78, 5) is 4.57. The molecule has 0 radical (unpaired) electrons. The van der Waals surface area contributed by atoms with E-state index in [-0.39, 0.29) is 12.2 Å². The van der Waals surface area contributed by atoms with E-state index in [4.69, 9.17) is 11.0 Å². The molecule has 22 heavy (non-hydrogen) atoms. The van der Waals surface area contributed by atoms with E-state index in [1.54, 1.807) is 6.07 Å². The first-order valence-electron chi connectivity index (χ1n) is 7.07. The summed E-state index contributed by atoms with van der Waals surface area (Å²) in [6.07, 6.45) is 0.584. The Hall–Kier alpha value is -2.71. The zero-order valence-electron chi connectivity index (χ0n) is 12.0. The summed E-state index contributed by atoms with van der Waals surface area (Å²) in [7, 11) is 0. The molecule has 0 atom stereocenters. The number of nitrogens with zero attached hydrogens (tertiary/aromatic N) is 3. The van der Waals surface area contributed by atoms with E-state index in [2.05, 4.69) is 4.98 Å². The zero-order valence-corrected chi connectivity index (χ0v) is 12.0. The van der Waals surface area contributed by atoms with Gasteiger partial charge in [-0.2, -0.15) is 5.26 Å². The van der Waals surface area contributed by atoms with Crippen molar-refractivity contribution in [2.45, 2.75) is 12.8 Å². The number of rotatable bonds is 4. The standard InChI is InChI=1S/C17H15FN4/c18-14-6-7-15-17(13(14)8-10-19)22(16(21-15)9-11-20)12-4-2-1-3-5-12/h1-7H,8-9,11,20H2. The number of fused-ring (bicyclic) bond motifs is 1. The van der Waals surface area contributed by atoms with Crippen molar-refractivity contribution in [2.24, 2.45) is 5.73 Å². The Kier molecular flexibility index (Phi) is 3.86. The molecule has 0 bridgehead atoms. The van der Waals surface area contributed by atoms with Gasteiger partial charge in [0, 0.05) is 17.7 Å². The van der Waals surface area contributed by atoms with E-state index in [1.807, 2.05) is 41.0 Å². The molecule has 3 rings (SSSR count). The molecule has 0 aliphatic carbocycles. The third kappa shape index (κ3) is 2.34. The van der Waals surface area contributed by atoms with Crippen LogP contribution in [0.25, 0.3) is 16.7 Å². The van der Waals surface area contributed by atoms with Crippen molar-refractivity contribution in [3.8, 4) is 11.8 Å². The molecule has 0 fully saturated rings. The Bertz CT molecular complexity index is 846. The highest BCUT2D eigenvalue weighted by Crippen LogP contribution is 2.27. The van der Waals surface area contributed by atoms with Crippen molar-refractivity contribution < 1.29 is 4.39 Å². The first-order chi connectivity index (χ1) is 10.8. The van der Waals surface area contributed by atoms with Crippen LogP contribution in [0, 0.1) is 17.1 Å². The molecule has 0 unspecified atom stereocenters. The van der Waals surface area contributed by atoms with Gasteiger partial charge in [-0.1, -0.05) is 18.2 Å². The van der Waals surface area contributed by atoms with E-state index < -0.39 is 0 Å². The topological polar surface area (TPSA) is 67.6 Å². The van der Waals surface area contributed by atoms with Crippen LogP contribution in [0.3, 0.4) is 0 Å². The van der Waals surface area contributed by atoms with Gasteiger partial charge in [-0.3, -0.25) is 4.57 Å². The summed E-state index contributed by atoms with van der Waals surface area (Å²) in [6, 6.07) is 14.7. The molecule has 4 nitrogen and oxygen atoms in total. The van der Waals surface area contributed by atoms with Crippen LogP contribution in [0.1, 0.15) is 11.4 Å². The van der Waals surface area contributed by atoms with E-state index in [0.29, 0.717) is 29.6 Å². The van der Waals surface area contributed by atoms with Crippen LogP contribution in [-0.2, 0) is 12.8 Å². The number of hydrogen-bond donors (Lipinski definition) is 1. The quantitative estimate of drug-likeness (QED) is 0.804. The van der Waals surface area contributed by atoms with Crippen LogP contribution in [-0.4, -0.2) is 16.1 Å². The Morgan fingerprint density at radius 3 is 2.64 bits per heavy atom. The monoisotopic (exact) mass is 294 g/mol. The van der Waals surface area contributed by atoms with Crippen molar-refractivity contribution in [1.29, 1.82) is 5.26 Å². The Morgan fingerprint density at radius 2 is 1.95 bits per heavy atom. The third-order valence-corrected chi connectivity index (χ3v) is 3.57. The predicted octanol–water partition coefficient (Wildman–Crippen LogP) is 2.73. The Labute approximate surface area is 127 Å². The number of nitriles is 1. The fourth-order valence-electron chi connectivity index (χ4n) is 2.66. The molecule has 0 aliphatic heterocycles. The van der Waals surface area contributed by atoms with Crippen LogP contribution in [0.5, 0.6) is 0 Å². The van der Waals surface area contributed by atoms with Gasteiger partial charge < -0.3 is 5.73 Å². The summed E-state index contributed by atoms with van der Waals surface area (Å²) in [5.74, 6) is 0.388. The van der Waals surface area contributed by atoms with E-state index in [9.17, 15) is 4.39 Å². The van der Waals surface area contributed by atoms with Crippen molar-refractivity contribution in [1.82, 2.24) is 9.55 Å². The lowest BCUT2D eigenvalue weighted by Crippen LogP contribution is -2.09. The third-order valence-electron chi connectivity index (χ3n) is 3.57. The summed E-state index contributed by atoms with van der Waals surface area (Å²) in [5, 5.41) is 9.01. The average molecular weight is 294 g/mol. The highest BCUT2D eigenvalue weighted by molar-refractivity contribution is 5.82. The SMILES string of the molecule is N#CCc1c(F)ccc2nc(CCN)n(-c3ccccc3)c12. The van der Waals surface area contributed by atoms with Crippen LogP contribution in [0.15, 0.2) is 42.5 Å². The number of aromatic nitrogens is 2. The molecule has 0 aliphatic rings. The number of nitrogens with two attached hydrogens (primary N) is 1. The lowest BCUT2D eigenvalue weighted by Gasteiger charge is -2.11. The van der Waals surface area contributed by atoms with Gasteiger partial charge in [-0.25, -0.2) is 9.37 Å². The maximum atomic E-state index is 14.2. The van der Waals surface area contributed by atoms with Crippen LogP contribution in [0.4, 0.5) is 4.39 Å². The van der Waals surface area contributed by atoms with Gasteiger partial charge >= 0.3 is 0 Å². The molecule has 5 heteroatoms. The van der Waals surface area contributed by atoms with E-state index in [1.165, 1.54) is 6.07 Å². The smallest absolute Gasteiger partial charge is 0.129 e. The minimum Gasteiger partial charge on any atom is -0.330 e. The number of halogens is 1. The van der Waals surface area contributed by atoms with E-state index in [0.717, 1.165) is 11.5 Å². The molecule has 110 valence electrons. The van der Waals surface area contributed by atoms with Crippen molar-refractivity contribution in [3.63, 3.8) is 0 Å². The fourth-order valence-corrected chi connectivity index (χ4v) is 2.66. The average Bonchev–Trinajstić information content (AvgIpc) is 2.90.